The molecule has 0 unspecified atom stereocenters. The molecule has 6 heteroatoms. The van der Waals surface area contributed by atoms with Gasteiger partial charge < -0.3 is 9.47 Å². The molecule has 2 N–H and O–H groups in total. The van der Waals surface area contributed by atoms with Gasteiger partial charge >= 0.3 is 0 Å². The van der Waals surface area contributed by atoms with E-state index in [0.29, 0.717) is 5.75 Å². The van der Waals surface area contributed by atoms with Gasteiger partial charge in [0.15, 0.2) is 0 Å². The van der Waals surface area contributed by atoms with Crippen molar-refractivity contribution in [2.45, 2.75) is 12.8 Å². The van der Waals surface area contributed by atoms with E-state index in [1.165, 1.54) is 0 Å². The molecular weight excluding hydrogens is 308 g/mol. The first-order chi connectivity index (χ1) is 11.7. The number of amides is 2. The molecule has 2 rings (SSSR count). The normalized spacial score (nSPS) is 9.88. The number of methoxy groups -OCH3 is 1. The molecule has 0 saturated carbocycles. The molecule has 0 fully saturated rings. The Morgan fingerprint density at radius 2 is 1.50 bits per heavy atom. The minimum atomic E-state index is -0.315. The van der Waals surface area contributed by atoms with Crippen LogP contribution in [0.5, 0.6) is 11.5 Å². The first-order valence-corrected chi connectivity index (χ1v) is 7.56. The summed E-state index contributed by atoms with van der Waals surface area (Å²) >= 11 is 0. The van der Waals surface area contributed by atoms with E-state index in [1.54, 1.807) is 31.4 Å². The summed E-state index contributed by atoms with van der Waals surface area (Å²) in [7, 11) is 1.59. The molecule has 0 aliphatic carbocycles. The van der Waals surface area contributed by atoms with E-state index in [4.69, 9.17) is 9.47 Å². The highest BCUT2D eigenvalue weighted by atomic mass is 16.5. The highest BCUT2D eigenvalue weighted by molar-refractivity contribution is 5.83. The topological polar surface area (TPSA) is 76.7 Å². The summed E-state index contributed by atoms with van der Waals surface area (Å²) < 4.78 is 10.5. The van der Waals surface area contributed by atoms with Crippen molar-refractivity contribution < 1.29 is 19.1 Å². The quantitative estimate of drug-likeness (QED) is 0.761. The van der Waals surface area contributed by atoms with Crippen molar-refractivity contribution in [1.82, 2.24) is 10.9 Å². The minimum absolute atomic E-state index is 0.137. The molecule has 0 heterocycles. The van der Waals surface area contributed by atoms with Gasteiger partial charge in [0.05, 0.1) is 26.6 Å². The Morgan fingerprint density at radius 1 is 0.875 bits per heavy atom. The minimum Gasteiger partial charge on any atom is -0.497 e. The number of benzene rings is 2. The SMILES string of the molecule is COc1ccc(OCCC(=O)NNC(=O)Cc2ccccc2)cc1. The molecule has 2 aromatic rings. The van der Waals surface area contributed by atoms with Gasteiger partial charge in [-0.25, -0.2) is 0 Å². The van der Waals surface area contributed by atoms with E-state index >= 15 is 0 Å². The zero-order valence-corrected chi connectivity index (χ0v) is 13.5. The third-order valence-corrected chi connectivity index (χ3v) is 3.21. The lowest BCUT2D eigenvalue weighted by atomic mass is 10.1. The third kappa shape index (κ3) is 6.00. The summed E-state index contributed by atoms with van der Waals surface area (Å²) in [6.45, 7) is 0.215. The van der Waals surface area contributed by atoms with Gasteiger partial charge in [0.2, 0.25) is 11.8 Å². The summed E-state index contributed by atoms with van der Waals surface area (Å²) in [5, 5.41) is 0. The number of hydrazine groups is 1. The van der Waals surface area contributed by atoms with Crippen molar-refractivity contribution >= 4 is 11.8 Å². The largest absolute Gasteiger partial charge is 0.497 e. The summed E-state index contributed by atoms with van der Waals surface area (Å²) in [4.78, 5) is 23.4. The second-order valence-electron chi connectivity index (χ2n) is 5.03. The highest BCUT2D eigenvalue weighted by Crippen LogP contribution is 2.16. The van der Waals surface area contributed by atoms with E-state index in [1.807, 2.05) is 30.3 Å². The van der Waals surface area contributed by atoms with Crippen LogP contribution in [0.1, 0.15) is 12.0 Å². The van der Waals surface area contributed by atoms with Crippen molar-refractivity contribution in [3.05, 3.63) is 60.2 Å². The number of nitrogens with one attached hydrogen (secondary N) is 2. The van der Waals surface area contributed by atoms with E-state index < -0.39 is 0 Å². The van der Waals surface area contributed by atoms with Crippen molar-refractivity contribution in [1.29, 1.82) is 0 Å². The maximum atomic E-state index is 11.7. The van der Waals surface area contributed by atoms with Crippen LogP contribution < -0.4 is 20.3 Å². The van der Waals surface area contributed by atoms with Gasteiger partial charge in [-0.1, -0.05) is 30.3 Å². The van der Waals surface area contributed by atoms with Crippen LogP contribution in [0.4, 0.5) is 0 Å². The van der Waals surface area contributed by atoms with Crippen molar-refractivity contribution in [2.24, 2.45) is 0 Å². The standard InChI is InChI=1S/C18H20N2O4/c1-23-15-7-9-16(10-8-15)24-12-11-17(21)19-20-18(22)13-14-5-3-2-4-6-14/h2-10H,11-13H2,1H3,(H,19,21)(H,20,22). The van der Waals surface area contributed by atoms with Gasteiger partial charge in [0, 0.05) is 0 Å². The Labute approximate surface area is 140 Å². The number of carbonyl (C=O) groups is 2. The van der Waals surface area contributed by atoms with Gasteiger partial charge in [-0.2, -0.15) is 0 Å². The number of rotatable bonds is 7. The van der Waals surface area contributed by atoms with Crippen LogP contribution in [-0.4, -0.2) is 25.5 Å². The maximum Gasteiger partial charge on any atom is 0.242 e. The maximum absolute atomic E-state index is 11.7. The van der Waals surface area contributed by atoms with Gasteiger partial charge in [0.25, 0.3) is 0 Å². The fourth-order valence-corrected chi connectivity index (χ4v) is 1.96. The lowest BCUT2D eigenvalue weighted by Crippen LogP contribution is -2.42. The molecule has 0 bridgehead atoms. The molecule has 0 aromatic heterocycles. The molecule has 0 aliphatic heterocycles. The number of ether oxygens (including phenoxy) is 2. The molecule has 24 heavy (non-hydrogen) atoms. The molecule has 0 atom stereocenters. The lowest BCUT2D eigenvalue weighted by molar-refractivity contribution is -0.128. The Kier molecular flexibility index (Phi) is 6.64. The molecule has 0 saturated heterocycles. The summed E-state index contributed by atoms with van der Waals surface area (Å²) in [6.07, 6.45) is 0.348. The van der Waals surface area contributed by atoms with Crippen LogP contribution in [0.15, 0.2) is 54.6 Å². The predicted octanol–water partition coefficient (Wildman–Crippen LogP) is 1.85. The monoisotopic (exact) mass is 328 g/mol. The first-order valence-electron chi connectivity index (χ1n) is 7.56. The Morgan fingerprint density at radius 3 is 2.17 bits per heavy atom. The van der Waals surface area contributed by atoms with Gasteiger partial charge in [0.1, 0.15) is 11.5 Å². The smallest absolute Gasteiger partial charge is 0.242 e. The molecule has 126 valence electrons. The molecule has 0 aliphatic rings. The highest BCUT2D eigenvalue weighted by Gasteiger charge is 2.06. The van der Waals surface area contributed by atoms with Crippen LogP contribution >= 0.6 is 0 Å². The second kappa shape index (κ2) is 9.19. The van der Waals surface area contributed by atoms with E-state index in [9.17, 15) is 9.59 Å². The number of hydrogen-bond acceptors (Lipinski definition) is 4. The van der Waals surface area contributed by atoms with E-state index in [-0.39, 0.29) is 31.3 Å². The average Bonchev–Trinajstić information content (AvgIpc) is 2.61. The molecule has 2 amide bonds. The van der Waals surface area contributed by atoms with E-state index in [2.05, 4.69) is 10.9 Å². The fraction of sp³-hybridized carbons (Fsp3) is 0.222. The zero-order chi connectivity index (χ0) is 17.2. The van der Waals surface area contributed by atoms with Crippen molar-refractivity contribution in [2.75, 3.05) is 13.7 Å². The number of carbonyl (C=O) groups excluding carboxylic acids is 2. The van der Waals surface area contributed by atoms with Gasteiger partial charge in [-0.15, -0.1) is 0 Å². The van der Waals surface area contributed by atoms with Crippen molar-refractivity contribution in [3.63, 3.8) is 0 Å². The Bertz CT molecular complexity index is 656. The Balaban J connectivity index is 1.63. The fourth-order valence-electron chi connectivity index (χ4n) is 1.96. The van der Waals surface area contributed by atoms with Crippen molar-refractivity contribution in [3.8, 4) is 11.5 Å². The summed E-state index contributed by atoms with van der Waals surface area (Å²) in [5.41, 5.74) is 5.63. The first kappa shape index (κ1) is 17.3. The predicted molar refractivity (Wildman–Crippen MR) is 89.5 cm³/mol. The summed E-state index contributed by atoms with van der Waals surface area (Å²) in [6, 6.07) is 16.4. The zero-order valence-electron chi connectivity index (χ0n) is 13.5. The molecule has 0 spiro atoms. The lowest BCUT2D eigenvalue weighted by Gasteiger charge is -2.09. The molecular formula is C18H20N2O4. The van der Waals surface area contributed by atoms with Crippen LogP contribution in [0.25, 0.3) is 0 Å². The summed E-state index contributed by atoms with van der Waals surface area (Å²) in [5.74, 6) is 0.800. The van der Waals surface area contributed by atoms with Gasteiger partial charge in [-0.05, 0) is 29.8 Å². The second-order valence-corrected chi connectivity index (χ2v) is 5.03. The van der Waals surface area contributed by atoms with Crippen LogP contribution in [0, 0.1) is 0 Å². The average molecular weight is 328 g/mol. The van der Waals surface area contributed by atoms with E-state index in [0.717, 1.165) is 11.3 Å². The van der Waals surface area contributed by atoms with Gasteiger partial charge in [-0.3, -0.25) is 20.4 Å². The molecule has 6 nitrogen and oxygen atoms in total. The third-order valence-electron chi connectivity index (χ3n) is 3.21. The molecule has 0 radical (unpaired) electrons. The van der Waals surface area contributed by atoms with Crippen LogP contribution in [0.2, 0.25) is 0 Å². The van der Waals surface area contributed by atoms with Crippen LogP contribution in [-0.2, 0) is 16.0 Å². The number of hydrogen-bond donors (Lipinski definition) is 2. The Hall–Kier alpha value is -3.02. The molecule has 2 aromatic carbocycles. The van der Waals surface area contributed by atoms with Crippen LogP contribution in [0.3, 0.4) is 0 Å².